The summed E-state index contributed by atoms with van der Waals surface area (Å²) in [5.74, 6) is 0. The molecule has 2 amide bonds. The Balaban J connectivity index is 2.30. The zero-order valence-electron chi connectivity index (χ0n) is 17.1. The Morgan fingerprint density at radius 3 is 1.89 bits per heavy atom. The second kappa shape index (κ2) is 9.26. The van der Waals surface area contributed by atoms with E-state index in [0.717, 1.165) is 21.7 Å². The summed E-state index contributed by atoms with van der Waals surface area (Å²) in [6.07, 6.45) is -1.36. The van der Waals surface area contributed by atoms with Gasteiger partial charge < -0.3 is 9.47 Å². The van der Waals surface area contributed by atoms with E-state index in [1.54, 1.807) is 13.8 Å². The highest BCUT2D eigenvalue weighted by molar-refractivity contribution is 5.75. The molecule has 6 heteroatoms. The molecule has 0 heterocycles. The first-order valence-electron chi connectivity index (χ1n) is 9.37. The van der Waals surface area contributed by atoms with E-state index in [2.05, 4.69) is 36.6 Å². The van der Waals surface area contributed by atoms with Crippen LogP contribution in [-0.4, -0.2) is 30.4 Å². The molecular formula is C22H28N2O4. The van der Waals surface area contributed by atoms with Crippen molar-refractivity contribution in [2.75, 3.05) is 13.2 Å². The molecule has 1 N–H and O–H groups in total. The third kappa shape index (κ3) is 5.03. The number of aryl methyl sites for hydroxylation is 1. The third-order valence-corrected chi connectivity index (χ3v) is 4.46. The Morgan fingerprint density at radius 2 is 1.39 bits per heavy atom. The van der Waals surface area contributed by atoms with Crippen molar-refractivity contribution in [1.82, 2.24) is 10.4 Å². The Bertz CT molecular complexity index is 798. The molecule has 0 aliphatic rings. The van der Waals surface area contributed by atoms with Gasteiger partial charge in [0.05, 0.1) is 18.8 Å². The Hall–Kier alpha value is -3.02. The topological polar surface area (TPSA) is 67.9 Å². The van der Waals surface area contributed by atoms with E-state index in [1.807, 2.05) is 38.1 Å². The van der Waals surface area contributed by atoms with Crippen molar-refractivity contribution in [1.29, 1.82) is 0 Å². The lowest BCUT2D eigenvalue weighted by Gasteiger charge is -2.37. The van der Waals surface area contributed by atoms with Gasteiger partial charge in [0.25, 0.3) is 0 Å². The van der Waals surface area contributed by atoms with Crippen LogP contribution in [0.4, 0.5) is 9.59 Å². The molecule has 150 valence electrons. The van der Waals surface area contributed by atoms with Crippen molar-refractivity contribution in [2.45, 2.75) is 40.2 Å². The molecule has 0 spiro atoms. The van der Waals surface area contributed by atoms with Crippen LogP contribution in [0.3, 0.4) is 0 Å². The Kier molecular flexibility index (Phi) is 7.04. The summed E-state index contributed by atoms with van der Waals surface area (Å²) < 4.78 is 10.0. The highest BCUT2D eigenvalue weighted by atomic mass is 16.6. The summed E-state index contributed by atoms with van der Waals surface area (Å²) >= 11 is 0. The van der Waals surface area contributed by atoms with E-state index in [9.17, 15) is 9.59 Å². The lowest BCUT2D eigenvalue weighted by molar-refractivity contribution is 0.0276. The van der Waals surface area contributed by atoms with E-state index in [0.29, 0.717) is 0 Å². The maximum atomic E-state index is 12.5. The van der Waals surface area contributed by atoms with Crippen LogP contribution in [0, 0.1) is 6.92 Å². The van der Waals surface area contributed by atoms with Gasteiger partial charge in [-0.15, -0.1) is 0 Å². The lowest BCUT2D eigenvalue weighted by Crippen LogP contribution is -2.55. The number of hydrogen-bond acceptors (Lipinski definition) is 4. The van der Waals surface area contributed by atoms with Crippen LogP contribution in [0.1, 0.15) is 38.8 Å². The summed E-state index contributed by atoms with van der Waals surface area (Å²) in [5, 5.41) is 1.16. The van der Waals surface area contributed by atoms with Gasteiger partial charge in [-0.2, -0.15) is 0 Å². The highest BCUT2D eigenvalue weighted by Gasteiger charge is 2.35. The highest BCUT2D eigenvalue weighted by Crippen LogP contribution is 2.29. The fourth-order valence-electron chi connectivity index (χ4n) is 2.80. The number of ether oxygens (including phenoxy) is 2. The quantitative estimate of drug-likeness (QED) is 0.735. The van der Waals surface area contributed by atoms with Crippen molar-refractivity contribution in [3.05, 3.63) is 59.7 Å². The summed E-state index contributed by atoms with van der Waals surface area (Å²) in [6.45, 7) is 9.52. The average molecular weight is 384 g/mol. The van der Waals surface area contributed by atoms with Crippen molar-refractivity contribution in [2.24, 2.45) is 0 Å². The number of carbonyl (C=O) groups is 2. The van der Waals surface area contributed by atoms with E-state index >= 15 is 0 Å². The number of rotatable bonds is 5. The molecule has 0 aliphatic heterocycles. The molecule has 0 radical (unpaired) electrons. The normalized spacial score (nSPS) is 10.9. The van der Waals surface area contributed by atoms with E-state index in [-0.39, 0.29) is 13.2 Å². The van der Waals surface area contributed by atoms with E-state index in [1.165, 1.54) is 5.56 Å². The molecular weight excluding hydrogens is 356 g/mol. The minimum atomic E-state index is -0.856. The van der Waals surface area contributed by atoms with Crippen molar-refractivity contribution in [3.63, 3.8) is 0 Å². The van der Waals surface area contributed by atoms with Gasteiger partial charge in [-0.1, -0.05) is 54.1 Å². The van der Waals surface area contributed by atoms with Crippen LogP contribution in [0.25, 0.3) is 11.1 Å². The van der Waals surface area contributed by atoms with Crippen molar-refractivity contribution < 1.29 is 19.1 Å². The van der Waals surface area contributed by atoms with Gasteiger partial charge in [0.15, 0.2) is 0 Å². The lowest BCUT2D eigenvalue weighted by atomic mass is 9.91. The van der Waals surface area contributed by atoms with E-state index in [4.69, 9.17) is 9.47 Å². The minimum Gasteiger partial charge on any atom is -0.449 e. The summed E-state index contributed by atoms with van der Waals surface area (Å²) in [4.78, 5) is 24.4. The number of hydrogen-bond donors (Lipinski definition) is 1. The van der Waals surface area contributed by atoms with Gasteiger partial charge in [-0.3, -0.25) is 0 Å². The van der Waals surface area contributed by atoms with Gasteiger partial charge in [0.1, 0.15) is 0 Å². The first-order chi connectivity index (χ1) is 13.3. The SMILES string of the molecule is CCOC(=O)NN(C(=O)OCC)C(C)(C)c1ccc(-c2ccc(C)cc2)cc1. The molecule has 2 rings (SSSR count). The molecule has 0 aliphatic carbocycles. The number of amides is 2. The second-order valence-corrected chi connectivity index (χ2v) is 6.87. The number of nitrogens with zero attached hydrogens (tertiary/aromatic N) is 1. The summed E-state index contributed by atoms with van der Waals surface area (Å²) in [5.41, 5.74) is 5.86. The fourth-order valence-corrected chi connectivity index (χ4v) is 2.80. The first kappa shape index (κ1) is 21.3. The predicted molar refractivity (Wildman–Crippen MR) is 109 cm³/mol. The number of carbonyl (C=O) groups excluding carboxylic acids is 2. The number of hydrazine groups is 1. The molecule has 2 aromatic rings. The minimum absolute atomic E-state index is 0.197. The first-order valence-corrected chi connectivity index (χ1v) is 9.37. The second-order valence-electron chi connectivity index (χ2n) is 6.87. The Labute approximate surface area is 166 Å². The summed E-state index contributed by atoms with van der Waals surface area (Å²) in [6, 6.07) is 16.1. The molecule has 0 saturated carbocycles. The smallest absolute Gasteiger partial charge is 0.429 e. The van der Waals surface area contributed by atoms with Crippen LogP contribution in [-0.2, 0) is 15.0 Å². The van der Waals surface area contributed by atoms with Crippen LogP contribution >= 0.6 is 0 Å². The molecule has 2 aromatic carbocycles. The van der Waals surface area contributed by atoms with Crippen LogP contribution in [0.5, 0.6) is 0 Å². The van der Waals surface area contributed by atoms with Gasteiger partial charge in [0.2, 0.25) is 0 Å². The van der Waals surface area contributed by atoms with Gasteiger partial charge in [0, 0.05) is 0 Å². The van der Waals surface area contributed by atoms with Gasteiger partial charge in [-0.05, 0) is 51.3 Å². The van der Waals surface area contributed by atoms with Crippen LogP contribution in [0.15, 0.2) is 48.5 Å². The van der Waals surface area contributed by atoms with Gasteiger partial charge >= 0.3 is 12.2 Å². The fraction of sp³-hybridized carbons (Fsp3) is 0.364. The molecule has 0 saturated heterocycles. The average Bonchev–Trinajstić information content (AvgIpc) is 2.67. The number of benzene rings is 2. The maximum absolute atomic E-state index is 12.5. The zero-order valence-corrected chi connectivity index (χ0v) is 17.1. The maximum Gasteiger partial charge on any atom is 0.429 e. The molecule has 0 unspecified atom stereocenters. The summed E-state index contributed by atoms with van der Waals surface area (Å²) in [7, 11) is 0. The largest absolute Gasteiger partial charge is 0.449 e. The van der Waals surface area contributed by atoms with Crippen LogP contribution in [0.2, 0.25) is 0 Å². The standard InChI is InChI=1S/C22H28N2O4/c1-6-27-20(25)23-24(21(26)28-7-2)22(4,5)19-14-12-18(13-15-19)17-10-8-16(3)9-11-17/h8-15H,6-7H2,1-5H3,(H,23,25). The van der Waals surface area contributed by atoms with Crippen LogP contribution < -0.4 is 5.43 Å². The molecule has 28 heavy (non-hydrogen) atoms. The van der Waals surface area contributed by atoms with Crippen molar-refractivity contribution in [3.8, 4) is 11.1 Å². The molecule has 0 aromatic heterocycles. The Morgan fingerprint density at radius 1 is 0.893 bits per heavy atom. The monoisotopic (exact) mass is 384 g/mol. The molecule has 0 fully saturated rings. The molecule has 0 atom stereocenters. The molecule has 0 bridgehead atoms. The third-order valence-electron chi connectivity index (χ3n) is 4.46. The zero-order chi connectivity index (χ0) is 20.7. The predicted octanol–water partition coefficient (Wildman–Crippen LogP) is 5.02. The number of nitrogens with one attached hydrogen (secondary N) is 1. The van der Waals surface area contributed by atoms with E-state index < -0.39 is 17.7 Å². The molecule has 6 nitrogen and oxygen atoms in total. The van der Waals surface area contributed by atoms with Crippen molar-refractivity contribution >= 4 is 12.2 Å². The van der Waals surface area contributed by atoms with Gasteiger partial charge in [-0.25, -0.2) is 20.0 Å².